The van der Waals surface area contributed by atoms with Gasteiger partial charge in [0, 0.05) is 12.0 Å². The fourth-order valence-corrected chi connectivity index (χ4v) is 1.91. The van der Waals surface area contributed by atoms with Crippen LogP contribution in [0.4, 0.5) is 13.2 Å². The van der Waals surface area contributed by atoms with E-state index in [0.29, 0.717) is 6.07 Å². The van der Waals surface area contributed by atoms with Crippen LogP contribution in [0.15, 0.2) is 12.3 Å². The van der Waals surface area contributed by atoms with Gasteiger partial charge in [-0.05, 0) is 6.07 Å². The van der Waals surface area contributed by atoms with Crippen LogP contribution in [0.5, 0.6) is 0 Å². The van der Waals surface area contributed by atoms with Gasteiger partial charge in [0.1, 0.15) is 11.0 Å². The normalized spacial score (nSPS) is 26.5. The predicted molar refractivity (Wildman–Crippen MR) is 48.1 cm³/mol. The van der Waals surface area contributed by atoms with Crippen molar-refractivity contribution in [1.29, 1.82) is 0 Å². The van der Waals surface area contributed by atoms with Crippen LogP contribution in [0.25, 0.3) is 0 Å². The number of aromatic nitrogens is 1. The third-order valence-electron chi connectivity index (χ3n) is 2.62. The fourth-order valence-electron chi connectivity index (χ4n) is 1.65. The summed E-state index contributed by atoms with van der Waals surface area (Å²) in [5, 5.41) is 8.40. The second kappa shape index (κ2) is 3.10. The van der Waals surface area contributed by atoms with Gasteiger partial charge >= 0.3 is 5.97 Å². The molecule has 0 radical (unpaired) electrons. The second-order valence-corrected chi connectivity index (χ2v) is 3.94. The highest BCUT2D eigenvalue weighted by atomic mass is 35.5. The minimum atomic E-state index is -3.42. The zero-order valence-electron chi connectivity index (χ0n) is 7.68. The number of carboxylic acid groups (broad SMARTS) is 1. The molecule has 0 spiro atoms. The van der Waals surface area contributed by atoms with Crippen LogP contribution < -0.4 is 0 Å². The van der Waals surface area contributed by atoms with Gasteiger partial charge in [0.15, 0.2) is 5.41 Å². The predicted octanol–water partition coefficient (Wildman–Crippen LogP) is 2.24. The average molecular weight is 252 g/mol. The SMILES string of the molecule is O=C(O)C1(c2cc(F)cnc2Cl)CC1(F)F. The average Bonchev–Trinajstić information content (AvgIpc) is 2.75. The highest BCUT2D eigenvalue weighted by Gasteiger charge is 2.78. The Bertz CT molecular complexity index is 480. The van der Waals surface area contributed by atoms with Crippen molar-refractivity contribution >= 4 is 17.6 Å². The van der Waals surface area contributed by atoms with Crippen molar-refractivity contribution in [1.82, 2.24) is 4.98 Å². The Morgan fingerprint density at radius 2 is 2.12 bits per heavy atom. The number of alkyl halides is 2. The van der Waals surface area contributed by atoms with E-state index in [1.807, 2.05) is 0 Å². The van der Waals surface area contributed by atoms with Gasteiger partial charge in [-0.2, -0.15) is 0 Å². The molecule has 2 rings (SSSR count). The molecule has 1 aliphatic carbocycles. The molecule has 0 aliphatic heterocycles. The van der Waals surface area contributed by atoms with Gasteiger partial charge < -0.3 is 5.11 Å². The molecule has 1 unspecified atom stereocenters. The molecule has 16 heavy (non-hydrogen) atoms. The second-order valence-electron chi connectivity index (χ2n) is 3.58. The van der Waals surface area contributed by atoms with Crippen molar-refractivity contribution in [2.45, 2.75) is 17.8 Å². The van der Waals surface area contributed by atoms with Crippen molar-refractivity contribution in [2.24, 2.45) is 0 Å². The lowest BCUT2D eigenvalue weighted by Gasteiger charge is -2.12. The number of hydrogen-bond acceptors (Lipinski definition) is 2. The number of nitrogens with zero attached hydrogens (tertiary/aromatic N) is 1. The maximum Gasteiger partial charge on any atom is 0.320 e. The van der Waals surface area contributed by atoms with Crippen molar-refractivity contribution in [3.05, 3.63) is 28.8 Å². The minimum absolute atomic E-state index is 0.416. The van der Waals surface area contributed by atoms with E-state index in [4.69, 9.17) is 16.7 Å². The Morgan fingerprint density at radius 1 is 1.56 bits per heavy atom. The molecule has 1 saturated carbocycles. The summed E-state index contributed by atoms with van der Waals surface area (Å²) in [4.78, 5) is 14.2. The largest absolute Gasteiger partial charge is 0.480 e. The van der Waals surface area contributed by atoms with Gasteiger partial charge in [0.2, 0.25) is 0 Å². The van der Waals surface area contributed by atoms with Gasteiger partial charge in [0.05, 0.1) is 6.20 Å². The zero-order valence-corrected chi connectivity index (χ0v) is 8.43. The summed E-state index contributed by atoms with van der Waals surface area (Å²) < 4.78 is 39.1. The first-order chi connectivity index (χ1) is 7.31. The standard InChI is InChI=1S/C9H5ClF3NO2/c10-6-5(1-4(11)2-14-6)8(7(15)16)3-9(8,12)13/h1-2H,3H2,(H,15,16). The van der Waals surface area contributed by atoms with Crippen molar-refractivity contribution in [3.63, 3.8) is 0 Å². The highest BCUT2D eigenvalue weighted by molar-refractivity contribution is 6.30. The zero-order chi connectivity index (χ0) is 12.1. The van der Waals surface area contributed by atoms with E-state index < -0.39 is 40.3 Å². The molecule has 1 N–H and O–H groups in total. The lowest BCUT2D eigenvalue weighted by atomic mass is 9.97. The first kappa shape index (κ1) is 11.2. The molecule has 0 amide bonds. The number of carboxylic acids is 1. The smallest absolute Gasteiger partial charge is 0.320 e. The summed E-state index contributed by atoms with van der Waals surface area (Å²) in [6, 6.07) is 0.685. The molecule has 1 aliphatic rings. The Labute approximate surface area is 92.9 Å². The molecule has 0 bridgehead atoms. The molecule has 7 heteroatoms. The molecule has 1 heterocycles. The molecule has 1 atom stereocenters. The first-order valence-electron chi connectivity index (χ1n) is 4.24. The molecule has 86 valence electrons. The third-order valence-corrected chi connectivity index (χ3v) is 2.92. The summed E-state index contributed by atoms with van der Waals surface area (Å²) in [5.74, 6) is -6.05. The van der Waals surface area contributed by atoms with Gasteiger partial charge in [0.25, 0.3) is 5.92 Å². The van der Waals surface area contributed by atoms with Crippen LogP contribution >= 0.6 is 11.6 Å². The molecular weight excluding hydrogens is 247 g/mol. The van der Waals surface area contributed by atoms with E-state index in [9.17, 15) is 18.0 Å². The van der Waals surface area contributed by atoms with E-state index in [1.165, 1.54) is 0 Å². The highest BCUT2D eigenvalue weighted by Crippen LogP contribution is 2.62. The number of halogens is 4. The quantitative estimate of drug-likeness (QED) is 0.820. The van der Waals surface area contributed by atoms with Crippen LogP contribution in [-0.2, 0) is 10.2 Å². The van der Waals surface area contributed by atoms with E-state index in [2.05, 4.69) is 4.98 Å². The minimum Gasteiger partial charge on any atom is -0.480 e. The van der Waals surface area contributed by atoms with Crippen LogP contribution in [0, 0.1) is 5.82 Å². The molecule has 3 nitrogen and oxygen atoms in total. The van der Waals surface area contributed by atoms with Crippen LogP contribution in [0.1, 0.15) is 12.0 Å². The summed E-state index contributed by atoms with van der Waals surface area (Å²) in [5.41, 5.74) is -2.91. The van der Waals surface area contributed by atoms with Gasteiger partial charge in [-0.3, -0.25) is 4.79 Å². The summed E-state index contributed by atoms with van der Waals surface area (Å²) in [6.45, 7) is 0. The molecular formula is C9H5ClF3NO2. The fraction of sp³-hybridized carbons (Fsp3) is 0.333. The van der Waals surface area contributed by atoms with Crippen molar-refractivity contribution < 1.29 is 23.1 Å². The van der Waals surface area contributed by atoms with E-state index in [0.717, 1.165) is 6.20 Å². The Balaban J connectivity index is 2.59. The lowest BCUT2D eigenvalue weighted by molar-refractivity contribution is -0.143. The van der Waals surface area contributed by atoms with Crippen LogP contribution in [0.2, 0.25) is 5.15 Å². The van der Waals surface area contributed by atoms with Gasteiger partial charge in [-0.15, -0.1) is 0 Å². The van der Waals surface area contributed by atoms with E-state index >= 15 is 0 Å². The van der Waals surface area contributed by atoms with Crippen LogP contribution in [0.3, 0.4) is 0 Å². The Morgan fingerprint density at radius 3 is 2.56 bits per heavy atom. The monoisotopic (exact) mass is 251 g/mol. The number of aliphatic carboxylic acids is 1. The third kappa shape index (κ3) is 1.29. The summed E-state index contributed by atoms with van der Waals surface area (Å²) in [7, 11) is 0. The number of rotatable bonds is 2. The number of carbonyl (C=O) groups is 1. The van der Waals surface area contributed by atoms with Gasteiger partial charge in [-0.25, -0.2) is 18.2 Å². The Hall–Kier alpha value is -1.30. The van der Waals surface area contributed by atoms with E-state index in [1.54, 1.807) is 0 Å². The maximum atomic E-state index is 13.1. The molecule has 1 aromatic heterocycles. The number of hydrogen-bond donors (Lipinski definition) is 1. The molecule has 0 aromatic carbocycles. The Kier molecular flexibility index (Phi) is 2.17. The molecule has 1 fully saturated rings. The van der Waals surface area contributed by atoms with Crippen LogP contribution in [-0.4, -0.2) is 22.0 Å². The van der Waals surface area contributed by atoms with Crippen molar-refractivity contribution in [3.8, 4) is 0 Å². The molecule has 1 aromatic rings. The lowest BCUT2D eigenvalue weighted by Crippen LogP contribution is -2.27. The van der Waals surface area contributed by atoms with E-state index in [-0.39, 0.29) is 0 Å². The topological polar surface area (TPSA) is 50.2 Å². The molecule has 0 saturated heterocycles. The maximum absolute atomic E-state index is 13.1. The van der Waals surface area contributed by atoms with Gasteiger partial charge in [-0.1, -0.05) is 11.6 Å². The number of pyridine rings is 1. The van der Waals surface area contributed by atoms with Crippen molar-refractivity contribution in [2.75, 3.05) is 0 Å². The summed E-state index contributed by atoms with van der Waals surface area (Å²) in [6.07, 6.45) is -0.151. The summed E-state index contributed by atoms with van der Waals surface area (Å²) >= 11 is 5.52. The first-order valence-corrected chi connectivity index (χ1v) is 4.62.